The number of carbonyl (C=O) groups excluding carboxylic acids is 2. The number of benzene rings is 1. The van der Waals surface area contributed by atoms with Gasteiger partial charge in [0.25, 0.3) is 0 Å². The molecule has 0 saturated heterocycles. The van der Waals surface area contributed by atoms with Gasteiger partial charge in [-0.2, -0.15) is 0 Å². The maximum absolute atomic E-state index is 13.1. The predicted octanol–water partition coefficient (Wildman–Crippen LogP) is 2.77. The van der Waals surface area contributed by atoms with Crippen molar-refractivity contribution in [2.24, 2.45) is 0 Å². The summed E-state index contributed by atoms with van der Waals surface area (Å²) in [6.07, 6.45) is 1.45. The number of allylic oxidation sites excluding steroid dienone is 1. The highest BCUT2D eigenvalue weighted by molar-refractivity contribution is 6.06. The van der Waals surface area contributed by atoms with Crippen LogP contribution < -0.4 is 0 Å². The smallest absolute Gasteiger partial charge is 0.328 e. The Kier molecular flexibility index (Phi) is 6.09. The molecule has 0 fully saturated rings. The Bertz CT molecular complexity index is 490. The molecule has 0 N–H and O–H groups in total. The van der Waals surface area contributed by atoms with Crippen LogP contribution in [0.1, 0.15) is 25.8 Å². The van der Waals surface area contributed by atoms with Gasteiger partial charge in [0.1, 0.15) is 5.82 Å². The van der Waals surface area contributed by atoms with E-state index in [1.54, 1.807) is 13.8 Å². The van der Waals surface area contributed by atoms with Crippen LogP contribution in [0.25, 0.3) is 0 Å². The molecule has 114 valence electrons. The molecule has 0 bridgehead atoms. The molecule has 4 nitrogen and oxygen atoms in total. The van der Waals surface area contributed by atoms with Gasteiger partial charge < -0.3 is 9.47 Å². The molecule has 1 aromatic carbocycles. The molecule has 0 aliphatic heterocycles. The average molecular weight is 294 g/mol. The van der Waals surface area contributed by atoms with Crippen molar-refractivity contribution in [1.29, 1.82) is 0 Å². The molecular weight excluding hydrogens is 275 g/mol. The number of halogens is 1. The minimum atomic E-state index is -1.65. The van der Waals surface area contributed by atoms with Gasteiger partial charge in [-0.1, -0.05) is 18.2 Å². The Morgan fingerprint density at radius 2 is 1.62 bits per heavy atom. The molecule has 0 spiro atoms. The highest BCUT2D eigenvalue weighted by Gasteiger charge is 2.49. The molecule has 5 heteroatoms. The minimum absolute atomic E-state index is 0.0102. The topological polar surface area (TPSA) is 52.6 Å². The second kappa shape index (κ2) is 7.57. The normalized spacial score (nSPS) is 10.8. The fourth-order valence-corrected chi connectivity index (χ4v) is 2.06. The van der Waals surface area contributed by atoms with Crippen molar-refractivity contribution in [2.45, 2.75) is 25.7 Å². The van der Waals surface area contributed by atoms with Crippen molar-refractivity contribution in [3.8, 4) is 0 Å². The molecule has 21 heavy (non-hydrogen) atoms. The summed E-state index contributed by atoms with van der Waals surface area (Å²) in [7, 11) is 0. The highest BCUT2D eigenvalue weighted by atomic mass is 19.1. The van der Waals surface area contributed by atoms with E-state index in [-0.39, 0.29) is 19.6 Å². The summed E-state index contributed by atoms with van der Waals surface area (Å²) in [5.41, 5.74) is -1.33. The molecule has 0 aliphatic rings. The molecule has 0 amide bonds. The lowest BCUT2D eigenvalue weighted by Gasteiger charge is -2.28. The third-order valence-electron chi connectivity index (χ3n) is 3.04. The summed E-state index contributed by atoms with van der Waals surface area (Å²) < 4.78 is 23.2. The number of hydrogen-bond donors (Lipinski definition) is 0. The van der Waals surface area contributed by atoms with Crippen LogP contribution in [0.15, 0.2) is 36.9 Å². The Morgan fingerprint density at radius 3 is 2.00 bits per heavy atom. The van der Waals surface area contributed by atoms with Crippen LogP contribution in [0, 0.1) is 5.82 Å². The summed E-state index contributed by atoms with van der Waals surface area (Å²) in [6, 6.07) is 5.14. The monoisotopic (exact) mass is 294 g/mol. The van der Waals surface area contributed by atoms with E-state index in [1.165, 1.54) is 30.3 Å². The van der Waals surface area contributed by atoms with Gasteiger partial charge in [0, 0.05) is 0 Å². The van der Waals surface area contributed by atoms with Gasteiger partial charge in [0.05, 0.1) is 13.2 Å². The molecule has 0 aromatic heterocycles. The second-order valence-corrected chi connectivity index (χ2v) is 4.35. The first-order valence-electron chi connectivity index (χ1n) is 6.74. The van der Waals surface area contributed by atoms with E-state index < -0.39 is 23.2 Å². The van der Waals surface area contributed by atoms with Crippen molar-refractivity contribution < 1.29 is 23.5 Å². The first kappa shape index (κ1) is 16.9. The van der Waals surface area contributed by atoms with Gasteiger partial charge in [-0.3, -0.25) is 9.59 Å². The molecule has 0 radical (unpaired) electrons. The Morgan fingerprint density at radius 1 is 1.14 bits per heavy atom. The van der Waals surface area contributed by atoms with Gasteiger partial charge >= 0.3 is 11.9 Å². The number of esters is 2. The fraction of sp³-hybridized carbons (Fsp3) is 0.375. The summed E-state index contributed by atoms with van der Waals surface area (Å²) in [5, 5.41) is 0. The molecule has 0 aliphatic carbocycles. The Balaban J connectivity index is 3.41. The molecular formula is C16H19FO4. The molecule has 0 unspecified atom stereocenters. The van der Waals surface area contributed by atoms with E-state index in [0.29, 0.717) is 5.56 Å². The summed E-state index contributed by atoms with van der Waals surface area (Å²) in [4.78, 5) is 24.8. The van der Waals surface area contributed by atoms with E-state index >= 15 is 0 Å². The first-order valence-corrected chi connectivity index (χ1v) is 6.74. The molecule has 0 heterocycles. The molecule has 1 aromatic rings. The fourth-order valence-electron chi connectivity index (χ4n) is 2.06. The maximum Gasteiger partial charge on any atom is 0.328 e. The van der Waals surface area contributed by atoms with E-state index in [0.717, 1.165) is 0 Å². The second-order valence-electron chi connectivity index (χ2n) is 4.35. The van der Waals surface area contributed by atoms with Crippen molar-refractivity contribution in [3.05, 3.63) is 48.3 Å². The van der Waals surface area contributed by atoms with Gasteiger partial charge in [-0.25, -0.2) is 4.39 Å². The third-order valence-corrected chi connectivity index (χ3v) is 3.04. The van der Waals surface area contributed by atoms with Crippen LogP contribution >= 0.6 is 0 Å². The number of hydrogen-bond acceptors (Lipinski definition) is 4. The standard InChI is InChI=1S/C16H19FO4/c1-4-11-16(14(18)20-5-2,15(19)21-6-3)12-7-9-13(17)10-8-12/h4,7-10H,1,5-6,11H2,2-3H3. The average Bonchev–Trinajstić information content (AvgIpc) is 2.46. The lowest BCUT2D eigenvalue weighted by atomic mass is 9.77. The zero-order chi connectivity index (χ0) is 15.9. The zero-order valence-corrected chi connectivity index (χ0v) is 12.2. The number of carbonyl (C=O) groups is 2. The van der Waals surface area contributed by atoms with Gasteiger partial charge in [-0.05, 0) is 38.0 Å². The highest BCUT2D eigenvalue weighted by Crippen LogP contribution is 2.32. The van der Waals surface area contributed by atoms with Crippen LogP contribution in [0.3, 0.4) is 0 Å². The quantitative estimate of drug-likeness (QED) is 0.441. The summed E-state index contributed by atoms with van der Waals surface area (Å²) in [6.45, 7) is 7.12. The van der Waals surface area contributed by atoms with Crippen molar-refractivity contribution in [3.63, 3.8) is 0 Å². The van der Waals surface area contributed by atoms with Crippen molar-refractivity contribution >= 4 is 11.9 Å². The van der Waals surface area contributed by atoms with E-state index in [2.05, 4.69) is 6.58 Å². The predicted molar refractivity (Wildman–Crippen MR) is 76.2 cm³/mol. The van der Waals surface area contributed by atoms with E-state index in [4.69, 9.17) is 9.47 Å². The van der Waals surface area contributed by atoms with Gasteiger partial charge in [-0.15, -0.1) is 6.58 Å². The molecule has 1 rings (SSSR count). The zero-order valence-electron chi connectivity index (χ0n) is 12.2. The number of rotatable bonds is 7. The van der Waals surface area contributed by atoms with Crippen molar-refractivity contribution in [2.75, 3.05) is 13.2 Å². The van der Waals surface area contributed by atoms with Crippen LogP contribution in [-0.2, 0) is 24.5 Å². The minimum Gasteiger partial charge on any atom is -0.465 e. The van der Waals surface area contributed by atoms with Crippen LogP contribution in [0.5, 0.6) is 0 Å². The Hall–Kier alpha value is -2.17. The van der Waals surface area contributed by atoms with Crippen LogP contribution in [0.2, 0.25) is 0 Å². The largest absolute Gasteiger partial charge is 0.465 e. The number of ether oxygens (including phenoxy) is 2. The van der Waals surface area contributed by atoms with E-state index in [9.17, 15) is 14.0 Å². The van der Waals surface area contributed by atoms with E-state index in [1.807, 2.05) is 0 Å². The van der Waals surface area contributed by atoms with Gasteiger partial charge in [0.15, 0.2) is 5.41 Å². The van der Waals surface area contributed by atoms with Crippen molar-refractivity contribution in [1.82, 2.24) is 0 Å². The third kappa shape index (κ3) is 3.48. The lowest BCUT2D eigenvalue weighted by Crippen LogP contribution is -2.46. The SMILES string of the molecule is C=CCC(C(=O)OCC)(C(=O)OCC)c1ccc(F)cc1. The van der Waals surface area contributed by atoms with Crippen LogP contribution in [0.4, 0.5) is 4.39 Å². The van der Waals surface area contributed by atoms with Crippen LogP contribution in [-0.4, -0.2) is 25.2 Å². The van der Waals surface area contributed by atoms with Gasteiger partial charge in [0.2, 0.25) is 0 Å². The lowest BCUT2D eigenvalue weighted by molar-refractivity contribution is -0.164. The Labute approximate surface area is 123 Å². The summed E-state index contributed by atoms with van der Waals surface area (Å²) in [5.74, 6) is -1.91. The first-order chi connectivity index (χ1) is 10.0. The molecule has 0 saturated carbocycles. The summed E-state index contributed by atoms with van der Waals surface area (Å²) >= 11 is 0. The molecule has 0 atom stereocenters. The maximum atomic E-state index is 13.1.